The fourth-order valence-electron chi connectivity index (χ4n) is 2.95. The van der Waals surface area contributed by atoms with Crippen molar-refractivity contribution in [2.45, 2.75) is 24.5 Å². The number of sulfonamides is 1. The first kappa shape index (κ1) is 21.9. The quantitative estimate of drug-likeness (QED) is 0.494. The molecule has 0 fully saturated rings. The van der Waals surface area contributed by atoms with E-state index in [0.717, 1.165) is 23.3 Å². The largest absolute Gasteiger partial charge is 0.322 e. The molecule has 0 saturated carbocycles. The zero-order chi connectivity index (χ0) is 21.7. The van der Waals surface area contributed by atoms with Gasteiger partial charge in [0.05, 0.1) is 11.9 Å². The summed E-state index contributed by atoms with van der Waals surface area (Å²) in [4.78, 5) is 13.9. The molecule has 0 aliphatic heterocycles. The van der Waals surface area contributed by atoms with Crippen LogP contribution in [-0.4, -0.2) is 20.6 Å². The molecule has 0 spiro atoms. The Hall–Kier alpha value is -2.77. The first-order valence-corrected chi connectivity index (χ1v) is 12.3. The number of thioether (sulfide) groups is 1. The smallest absolute Gasteiger partial charge is 0.255 e. The van der Waals surface area contributed by atoms with E-state index in [9.17, 15) is 13.2 Å². The van der Waals surface area contributed by atoms with E-state index in [4.69, 9.17) is 0 Å². The lowest BCUT2D eigenvalue weighted by molar-refractivity contribution is 0.102. The summed E-state index contributed by atoms with van der Waals surface area (Å²) in [6.45, 7) is 3.73. The van der Waals surface area contributed by atoms with Gasteiger partial charge < -0.3 is 5.32 Å². The Morgan fingerprint density at radius 1 is 0.900 bits per heavy atom. The Kier molecular flexibility index (Phi) is 6.84. The van der Waals surface area contributed by atoms with Crippen LogP contribution in [0.1, 0.15) is 27.0 Å². The van der Waals surface area contributed by atoms with Crippen LogP contribution in [0.15, 0.2) is 71.6 Å². The van der Waals surface area contributed by atoms with E-state index in [1.54, 1.807) is 36.9 Å². The highest BCUT2D eigenvalue weighted by molar-refractivity contribution is 7.98. The summed E-state index contributed by atoms with van der Waals surface area (Å²) >= 11 is 1.77. The predicted molar refractivity (Wildman–Crippen MR) is 125 cm³/mol. The van der Waals surface area contributed by atoms with Gasteiger partial charge in [-0.05, 0) is 66.9 Å². The maximum atomic E-state index is 12.7. The van der Waals surface area contributed by atoms with Crippen molar-refractivity contribution in [3.05, 3.63) is 89.0 Å². The summed E-state index contributed by atoms with van der Waals surface area (Å²) in [6, 6.07) is 21.1. The Morgan fingerprint density at radius 2 is 1.57 bits per heavy atom. The van der Waals surface area contributed by atoms with Crippen LogP contribution in [0.5, 0.6) is 0 Å². The maximum absolute atomic E-state index is 12.7. The summed E-state index contributed by atoms with van der Waals surface area (Å²) in [6.07, 6.45) is 1.10. The van der Waals surface area contributed by atoms with Crippen molar-refractivity contribution >= 4 is 39.1 Å². The Labute approximate surface area is 182 Å². The SMILES string of the molecule is Cc1cc(CSc2ccccc2)ccc1NC(=O)c1ccc(NS(C)(=O)=O)c(C)c1. The van der Waals surface area contributed by atoms with Gasteiger partial charge in [0.25, 0.3) is 5.91 Å². The molecule has 156 valence electrons. The van der Waals surface area contributed by atoms with Gasteiger partial charge in [-0.3, -0.25) is 9.52 Å². The molecule has 0 heterocycles. The fourth-order valence-corrected chi connectivity index (χ4v) is 4.44. The van der Waals surface area contributed by atoms with Crippen molar-refractivity contribution in [2.24, 2.45) is 0 Å². The zero-order valence-corrected chi connectivity index (χ0v) is 18.7. The molecule has 0 aliphatic rings. The number of hydrogen-bond donors (Lipinski definition) is 2. The van der Waals surface area contributed by atoms with Gasteiger partial charge in [-0.15, -0.1) is 11.8 Å². The molecule has 0 aromatic heterocycles. The van der Waals surface area contributed by atoms with E-state index in [0.29, 0.717) is 16.8 Å². The molecule has 0 bridgehead atoms. The lowest BCUT2D eigenvalue weighted by Gasteiger charge is -2.12. The van der Waals surface area contributed by atoms with Crippen LogP contribution < -0.4 is 10.0 Å². The molecule has 5 nitrogen and oxygen atoms in total. The highest BCUT2D eigenvalue weighted by atomic mass is 32.2. The highest BCUT2D eigenvalue weighted by Crippen LogP contribution is 2.25. The van der Waals surface area contributed by atoms with Gasteiger partial charge in [-0.25, -0.2) is 8.42 Å². The van der Waals surface area contributed by atoms with E-state index in [2.05, 4.69) is 28.2 Å². The average Bonchev–Trinajstić information content (AvgIpc) is 2.69. The van der Waals surface area contributed by atoms with Gasteiger partial charge in [0, 0.05) is 21.9 Å². The molecule has 30 heavy (non-hydrogen) atoms. The Morgan fingerprint density at radius 3 is 2.20 bits per heavy atom. The number of hydrogen-bond acceptors (Lipinski definition) is 4. The molecule has 0 unspecified atom stereocenters. The minimum absolute atomic E-state index is 0.237. The van der Waals surface area contributed by atoms with Crippen molar-refractivity contribution in [3.63, 3.8) is 0 Å². The molecule has 7 heteroatoms. The van der Waals surface area contributed by atoms with Gasteiger partial charge in [-0.2, -0.15) is 0 Å². The average molecular weight is 441 g/mol. The summed E-state index contributed by atoms with van der Waals surface area (Å²) in [5.74, 6) is 0.617. The number of carbonyl (C=O) groups excluding carboxylic acids is 1. The van der Waals surface area contributed by atoms with Crippen LogP contribution in [0.2, 0.25) is 0 Å². The summed E-state index contributed by atoms with van der Waals surface area (Å²) in [7, 11) is -3.37. The van der Waals surface area contributed by atoms with Crippen LogP contribution in [0, 0.1) is 13.8 Å². The molecule has 0 atom stereocenters. The second-order valence-electron chi connectivity index (χ2n) is 7.11. The number of aryl methyl sites for hydroxylation is 2. The van der Waals surface area contributed by atoms with E-state index in [-0.39, 0.29) is 5.91 Å². The van der Waals surface area contributed by atoms with Crippen molar-refractivity contribution < 1.29 is 13.2 Å². The molecular formula is C23H24N2O3S2. The molecule has 0 saturated heterocycles. The van der Waals surface area contributed by atoms with Crippen LogP contribution >= 0.6 is 11.8 Å². The van der Waals surface area contributed by atoms with Crippen molar-refractivity contribution in [1.82, 2.24) is 0 Å². The first-order chi connectivity index (χ1) is 14.2. The third kappa shape index (κ3) is 6.11. The number of carbonyl (C=O) groups is 1. The lowest BCUT2D eigenvalue weighted by Crippen LogP contribution is -2.14. The number of rotatable bonds is 7. The number of nitrogens with one attached hydrogen (secondary N) is 2. The predicted octanol–water partition coefficient (Wildman–Crippen LogP) is 5.22. The van der Waals surface area contributed by atoms with E-state index >= 15 is 0 Å². The molecular weight excluding hydrogens is 416 g/mol. The van der Waals surface area contributed by atoms with Crippen molar-refractivity contribution in [3.8, 4) is 0 Å². The van der Waals surface area contributed by atoms with Gasteiger partial charge in [0.2, 0.25) is 10.0 Å². The first-order valence-electron chi connectivity index (χ1n) is 9.38. The van der Waals surface area contributed by atoms with E-state index in [1.807, 2.05) is 37.3 Å². The van der Waals surface area contributed by atoms with E-state index < -0.39 is 10.0 Å². The molecule has 3 aromatic rings. The summed E-state index contributed by atoms with van der Waals surface area (Å²) < 4.78 is 25.3. The van der Waals surface area contributed by atoms with Crippen LogP contribution in [-0.2, 0) is 15.8 Å². The van der Waals surface area contributed by atoms with Gasteiger partial charge in [0.15, 0.2) is 0 Å². The Balaban J connectivity index is 1.67. The topological polar surface area (TPSA) is 75.3 Å². The molecule has 0 aliphatic carbocycles. The summed E-state index contributed by atoms with van der Waals surface area (Å²) in [5, 5.41) is 2.94. The van der Waals surface area contributed by atoms with Gasteiger partial charge >= 0.3 is 0 Å². The van der Waals surface area contributed by atoms with Crippen LogP contribution in [0.3, 0.4) is 0 Å². The normalized spacial score (nSPS) is 11.2. The highest BCUT2D eigenvalue weighted by Gasteiger charge is 2.12. The Bertz CT molecular complexity index is 1160. The monoisotopic (exact) mass is 440 g/mol. The summed E-state index contributed by atoms with van der Waals surface area (Å²) in [5.41, 5.74) is 4.54. The molecule has 3 rings (SSSR count). The minimum atomic E-state index is -3.37. The second kappa shape index (κ2) is 9.36. The molecule has 0 radical (unpaired) electrons. The standard InChI is InChI=1S/C23H24N2O3S2/c1-16-13-18(15-29-20-7-5-4-6-8-20)9-11-21(16)24-23(26)19-10-12-22(17(2)14-19)25-30(3,27)28/h4-14,25H,15H2,1-3H3,(H,24,26). The fraction of sp³-hybridized carbons (Fsp3) is 0.174. The minimum Gasteiger partial charge on any atom is -0.322 e. The lowest BCUT2D eigenvalue weighted by atomic mass is 10.1. The van der Waals surface area contributed by atoms with Gasteiger partial charge in [0.1, 0.15) is 0 Å². The van der Waals surface area contributed by atoms with Crippen LogP contribution in [0.4, 0.5) is 11.4 Å². The number of anilines is 2. The van der Waals surface area contributed by atoms with Gasteiger partial charge in [-0.1, -0.05) is 30.3 Å². The maximum Gasteiger partial charge on any atom is 0.255 e. The van der Waals surface area contributed by atoms with Crippen molar-refractivity contribution in [2.75, 3.05) is 16.3 Å². The molecule has 1 amide bonds. The molecule has 3 aromatic carbocycles. The third-order valence-electron chi connectivity index (χ3n) is 4.47. The van der Waals surface area contributed by atoms with E-state index in [1.165, 1.54) is 10.5 Å². The number of amides is 1. The van der Waals surface area contributed by atoms with Crippen molar-refractivity contribution in [1.29, 1.82) is 0 Å². The zero-order valence-electron chi connectivity index (χ0n) is 17.1. The van der Waals surface area contributed by atoms with Crippen LogP contribution in [0.25, 0.3) is 0 Å². The molecule has 2 N–H and O–H groups in total. The second-order valence-corrected chi connectivity index (χ2v) is 9.91. The number of benzene rings is 3. The third-order valence-corrected chi connectivity index (χ3v) is 6.15.